The van der Waals surface area contributed by atoms with E-state index < -0.39 is 5.97 Å². The standard InChI is InChI=1S/C12H9FO3/c1-15-12(14)11-6-9(7-16-11)8-3-2-4-10(13)5-8/h2-7H,1H3. The lowest BCUT2D eigenvalue weighted by Gasteiger charge is -1.95. The summed E-state index contributed by atoms with van der Waals surface area (Å²) in [5.74, 6) is -0.789. The Bertz CT molecular complexity index is 516. The minimum atomic E-state index is -0.553. The second-order valence-corrected chi connectivity index (χ2v) is 3.20. The van der Waals surface area contributed by atoms with Crippen molar-refractivity contribution >= 4 is 5.97 Å². The summed E-state index contributed by atoms with van der Waals surface area (Å²) in [6.45, 7) is 0. The van der Waals surface area contributed by atoms with Crippen LogP contribution < -0.4 is 0 Å². The van der Waals surface area contributed by atoms with Gasteiger partial charge in [-0.3, -0.25) is 0 Å². The molecular formula is C12H9FO3. The van der Waals surface area contributed by atoms with Crippen molar-refractivity contribution in [3.8, 4) is 11.1 Å². The molecule has 0 amide bonds. The quantitative estimate of drug-likeness (QED) is 0.730. The summed E-state index contributed by atoms with van der Waals surface area (Å²) in [6, 6.07) is 7.56. The molecule has 0 bridgehead atoms. The van der Waals surface area contributed by atoms with Gasteiger partial charge < -0.3 is 9.15 Å². The van der Waals surface area contributed by atoms with Crippen LogP contribution in [0.4, 0.5) is 4.39 Å². The van der Waals surface area contributed by atoms with Crippen LogP contribution in [0.15, 0.2) is 41.0 Å². The van der Waals surface area contributed by atoms with Crippen LogP contribution in [0.3, 0.4) is 0 Å². The fourth-order valence-electron chi connectivity index (χ4n) is 1.36. The topological polar surface area (TPSA) is 39.4 Å². The summed E-state index contributed by atoms with van der Waals surface area (Å²) in [7, 11) is 1.27. The summed E-state index contributed by atoms with van der Waals surface area (Å²) in [5, 5.41) is 0. The molecule has 0 aliphatic heterocycles. The van der Waals surface area contributed by atoms with Gasteiger partial charge in [0.1, 0.15) is 5.82 Å². The highest BCUT2D eigenvalue weighted by atomic mass is 19.1. The lowest BCUT2D eigenvalue weighted by molar-refractivity contribution is 0.0565. The molecule has 0 atom stereocenters. The van der Waals surface area contributed by atoms with Gasteiger partial charge in [-0.05, 0) is 23.8 Å². The Morgan fingerprint density at radius 1 is 1.31 bits per heavy atom. The van der Waals surface area contributed by atoms with Crippen molar-refractivity contribution in [2.75, 3.05) is 7.11 Å². The van der Waals surface area contributed by atoms with Gasteiger partial charge in [0.2, 0.25) is 5.76 Å². The van der Waals surface area contributed by atoms with Crippen LogP contribution in [-0.4, -0.2) is 13.1 Å². The van der Waals surface area contributed by atoms with Crippen LogP contribution in [0.25, 0.3) is 11.1 Å². The van der Waals surface area contributed by atoms with E-state index in [0.29, 0.717) is 11.1 Å². The van der Waals surface area contributed by atoms with Gasteiger partial charge in [-0.25, -0.2) is 9.18 Å². The normalized spacial score (nSPS) is 10.1. The SMILES string of the molecule is COC(=O)c1cc(-c2cccc(F)c2)co1. The molecule has 16 heavy (non-hydrogen) atoms. The zero-order valence-electron chi connectivity index (χ0n) is 8.57. The van der Waals surface area contributed by atoms with Gasteiger partial charge in [0.25, 0.3) is 0 Å². The number of rotatable bonds is 2. The van der Waals surface area contributed by atoms with Gasteiger partial charge >= 0.3 is 5.97 Å². The van der Waals surface area contributed by atoms with Crippen molar-refractivity contribution in [1.29, 1.82) is 0 Å². The maximum atomic E-state index is 13.0. The number of carbonyl (C=O) groups is 1. The van der Waals surface area contributed by atoms with E-state index in [9.17, 15) is 9.18 Å². The highest BCUT2D eigenvalue weighted by molar-refractivity contribution is 5.88. The number of methoxy groups -OCH3 is 1. The summed E-state index contributed by atoms with van der Waals surface area (Å²) in [5.41, 5.74) is 1.29. The average molecular weight is 220 g/mol. The van der Waals surface area contributed by atoms with E-state index in [1.165, 1.54) is 31.6 Å². The van der Waals surface area contributed by atoms with Crippen LogP contribution in [0.5, 0.6) is 0 Å². The van der Waals surface area contributed by atoms with E-state index in [1.54, 1.807) is 12.1 Å². The summed E-state index contributed by atoms with van der Waals surface area (Å²) >= 11 is 0. The lowest BCUT2D eigenvalue weighted by Crippen LogP contribution is -1.98. The van der Waals surface area contributed by atoms with Crippen molar-refractivity contribution in [3.63, 3.8) is 0 Å². The Balaban J connectivity index is 2.35. The second-order valence-electron chi connectivity index (χ2n) is 3.20. The monoisotopic (exact) mass is 220 g/mol. The van der Waals surface area contributed by atoms with Gasteiger partial charge in [-0.1, -0.05) is 12.1 Å². The molecule has 2 aromatic rings. The Kier molecular flexibility index (Phi) is 2.72. The number of carbonyl (C=O) groups excluding carboxylic acids is 1. The molecule has 0 saturated carbocycles. The van der Waals surface area contributed by atoms with E-state index in [4.69, 9.17) is 4.42 Å². The van der Waals surface area contributed by atoms with E-state index in [1.807, 2.05) is 0 Å². The predicted octanol–water partition coefficient (Wildman–Crippen LogP) is 2.87. The molecule has 0 spiro atoms. The van der Waals surface area contributed by atoms with E-state index in [0.717, 1.165) is 0 Å². The van der Waals surface area contributed by atoms with Crippen molar-refractivity contribution in [3.05, 3.63) is 48.2 Å². The van der Waals surface area contributed by atoms with Gasteiger partial charge in [0.05, 0.1) is 13.4 Å². The summed E-state index contributed by atoms with van der Waals surface area (Å²) in [4.78, 5) is 11.1. The van der Waals surface area contributed by atoms with Crippen LogP contribution in [-0.2, 0) is 4.74 Å². The first kappa shape index (κ1) is 10.4. The lowest BCUT2D eigenvalue weighted by atomic mass is 10.1. The first-order chi connectivity index (χ1) is 7.70. The molecule has 0 saturated heterocycles. The number of furan rings is 1. The minimum absolute atomic E-state index is 0.0989. The summed E-state index contributed by atoms with van der Waals surface area (Å²) in [6.07, 6.45) is 1.39. The van der Waals surface area contributed by atoms with Gasteiger partial charge in [-0.2, -0.15) is 0 Å². The first-order valence-corrected chi connectivity index (χ1v) is 4.63. The van der Waals surface area contributed by atoms with Gasteiger partial charge in [-0.15, -0.1) is 0 Å². The van der Waals surface area contributed by atoms with Crippen molar-refractivity contribution in [1.82, 2.24) is 0 Å². The summed E-state index contributed by atoms with van der Waals surface area (Å²) < 4.78 is 22.5. The number of ether oxygens (including phenoxy) is 1. The fraction of sp³-hybridized carbons (Fsp3) is 0.0833. The predicted molar refractivity (Wildman–Crippen MR) is 55.4 cm³/mol. The van der Waals surface area contributed by atoms with Crippen molar-refractivity contribution in [2.24, 2.45) is 0 Å². The van der Waals surface area contributed by atoms with Crippen LogP contribution in [0.1, 0.15) is 10.6 Å². The molecule has 0 aliphatic carbocycles. The van der Waals surface area contributed by atoms with E-state index >= 15 is 0 Å². The molecule has 3 nitrogen and oxygen atoms in total. The number of benzene rings is 1. The van der Waals surface area contributed by atoms with Crippen LogP contribution >= 0.6 is 0 Å². The minimum Gasteiger partial charge on any atom is -0.463 e. The second kappa shape index (κ2) is 4.18. The Labute approximate surface area is 91.5 Å². The maximum Gasteiger partial charge on any atom is 0.373 e. The molecule has 1 aromatic carbocycles. The molecule has 0 N–H and O–H groups in total. The highest BCUT2D eigenvalue weighted by Crippen LogP contribution is 2.22. The molecule has 1 heterocycles. The molecule has 2 rings (SSSR count). The zero-order chi connectivity index (χ0) is 11.5. The van der Waals surface area contributed by atoms with E-state index in [-0.39, 0.29) is 11.6 Å². The number of hydrogen-bond donors (Lipinski definition) is 0. The average Bonchev–Trinajstić information content (AvgIpc) is 2.77. The Morgan fingerprint density at radius 3 is 2.81 bits per heavy atom. The van der Waals surface area contributed by atoms with Gasteiger partial charge in [0.15, 0.2) is 0 Å². The number of halogens is 1. The van der Waals surface area contributed by atoms with Gasteiger partial charge in [0, 0.05) is 5.56 Å². The molecule has 0 fully saturated rings. The van der Waals surface area contributed by atoms with Crippen LogP contribution in [0.2, 0.25) is 0 Å². The molecule has 82 valence electrons. The zero-order valence-corrected chi connectivity index (χ0v) is 8.57. The number of hydrogen-bond acceptors (Lipinski definition) is 3. The number of esters is 1. The molecule has 0 unspecified atom stereocenters. The van der Waals surface area contributed by atoms with Crippen LogP contribution in [0, 0.1) is 5.82 Å². The third-order valence-corrected chi connectivity index (χ3v) is 2.14. The Morgan fingerprint density at radius 2 is 2.12 bits per heavy atom. The fourth-order valence-corrected chi connectivity index (χ4v) is 1.36. The molecule has 0 radical (unpaired) electrons. The van der Waals surface area contributed by atoms with Crippen molar-refractivity contribution < 1.29 is 18.3 Å². The molecular weight excluding hydrogens is 211 g/mol. The van der Waals surface area contributed by atoms with Crippen molar-refractivity contribution in [2.45, 2.75) is 0 Å². The first-order valence-electron chi connectivity index (χ1n) is 4.63. The van der Waals surface area contributed by atoms with E-state index in [2.05, 4.69) is 4.74 Å². The molecule has 4 heteroatoms. The molecule has 0 aliphatic rings. The largest absolute Gasteiger partial charge is 0.463 e. The third kappa shape index (κ3) is 1.95. The molecule has 1 aromatic heterocycles. The highest BCUT2D eigenvalue weighted by Gasteiger charge is 2.12. The smallest absolute Gasteiger partial charge is 0.373 e. The Hall–Kier alpha value is -2.10. The third-order valence-electron chi connectivity index (χ3n) is 2.14. The maximum absolute atomic E-state index is 13.0.